The normalized spacial score (nSPS) is 22.1. The molecule has 2 aromatic carbocycles. The van der Waals surface area contributed by atoms with E-state index in [4.69, 9.17) is 18.9 Å². The van der Waals surface area contributed by atoms with E-state index < -0.39 is 12.0 Å². The number of benzene rings is 2. The lowest BCUT2D eigenvalue weighted by molar-refractivity contribution is -0.145. The standard InChI is InChI=1S/C21H21NO6/c1-25-17-4-3-11-5-15-13-8-19-18(27-10-28-19)7-12(13)6-16(21(23)24)22(15)9-14(11)20(17)26-2/h3-4,7-8,15-16H,5-6,9-10H2,1-2H3,(H,23,24). The van der Waals surface area contributed by atoms with Crippen molar-refractivity contribution < 1.29 is 28.8 Å². The van der Waals surface area contributed by atoms with Gasteiger partial charge in [0.05, 0.1) is 14.2 Å². The topological polar surface area (TPSA) is 77.5 Å². The molecular weight excluding hydrogens is 362 g/mol. The summed E-state index contributed by atoms with van der Waals surface area (Å²) in [5.74, 6) is 1.94. The van der Waals surface area contributed by atoms with Crippen LogP contribution in [0.2, 0.25) is 0 Å². The molecule has 0 bridgehead atoms. The third-order valence-corrected chi connectivity index (χ3v) is 5.99. The van der Waals surface area contributed by atoms with Gasteiger partial charge >= 0.3 is 5.97 Å². The lowest BCUT2D eigenvalue weighted by Gasteiger charge is -2.45. The molecule has 0 radical (unpaired) electrons. The zero-order valence-electron chi connectivity index (χ0n) is 15.7. The molecule has 0 amide bonds. The molecule has 0 aliphatic carbocycles. The molecular formula is C21H21NO6. The lowest BCUT2D eigenvalue weighted by Crippen LogP contribution is -2.50. The highest BCUT2D eigenvalue weighted by atomic mass is 16.7. The first-order valence-electron chi connectivity index (χ1n) is 9.24. The molecule has 3 heterocycles. The van der Waals surface area contributed by atoms with E-state index >= 15 is 0 Å². The third-order valence-electron chi connectivity index (χ3n) is 5.99. The Hall–Kier alpha value is -2.93. The van der Waals surface area contributed by atoms with Gasteiger partial charge in [-0.1, -0.05) is 6.07 Å². The molecule has 2 aromatic rings. The third kappa shape index (κ3) is 2.43. The van der Waals surface area contributed by atoms with E-state index in [1.807, 2.05) is 24.3 Å². The number of aliphatic carboxylic acids is 1. The molecule has 2 unspecified atom stereocenters. The number of rotatable bonds is 3. The van der Waals surface area contributed by atoms with Crippen LogP contribution >= 0.6 is 0 Å². The maximum Gasteiger partial charge on any atom is 0.321 e. The fraction of sp³-hybridized carbons (Fsp3) is 0.381. The van der Waals surface area contributed by atoms with Gasteiger partial charge in [-0.15, -0.1) is 0 Å². The number of hydrogen-bond donors (Lipinski definition) is 1. The molecule has 2 atom stereocenters. The van der Waals surface area contributed by atoms with E-state index in [1.54, 1.807) is 14.2 Å². The van der Waals surface area contributed by atoms with E-state index in [2.05, 4.69) is 4.90 Å². The maximum absolute atomic E-state index is 12.1. The van der Waals surface area contributed by atoms with Gasteiger partial charge in [-0.2, -0.15) is 0 Å². The van der Waals surface area contributed by atoms with Crippen molar-refractivity contribution in [3.63, 3.8) is 0 Å². The number of hydrogen-bond acceptors (Lipinski definition) is 6. The van der Waals surface area contributed by atoms with Crippen LogP contribution in [0.3, 0.4) is 0 Å². The van der Waals surface area contributed by atoms with Crippen LogP contribution in [0, 0.1) is 0 Å². The largest absolute Gasteiger partial charge is 0.493 e. The highest BCUT2D eigenvalue weighted by Gasteiger charge is 2.42. The average Bonchev–Trinajstić information content (AvgIpc) is 3.16. The van der Waals surface area contributed by atoms with Crippen molar-refractivity contribution in [3.05, 3.63) is 46.5 Å². The number of carboxylic acids is 1. The Morgan fingerprint density at radius 1 is 1.11 bits per heavy atom. The molecule has 0 saturated carbocycles. The Morgan fingerprint density at radius 3 is 2.61 bits per heavy atom. The first-order valence-corrected chi connectivity index (χ1v) is 9.24. The van der Waals surface area contributed by atoms with Gasteiger partial charge in [0, 0.05) is 18.2 Å². The minimum absolute atomic E-state index is 0.0371. The average molecular weight is 383 g/mol. The van der Waals surface area contributed by atoms with Crippen molar-refractivity contribution in [2.45, 2.75) is 31.5 Å². The summed E-state index contributed by atoms with van der Waals surface area (Å²) in [4.78, 5) is 14.1. The molecule has 0 saturated heterocycles. The molecule has 0 aromatic heterocycles. The molecule has 7 heteroatoms. The Kier molecular flexibility index (Phi) is 3.87. The van der Waals surface area contributed by atoms with Crippen LogP contribution in [-0.4, -0.2) is 43.0 Å². The summed E-state index contributed by atoms with van der Waals surface area (Å²) in [6, 6.07) is 7.26. The zero-order valence-corrected chi connectivity index (χ0v) is 15.7. The van der Waals surface area contributed by atoms with Gasteiger partial charge in [0.2, 0.25) is 6.79 Å². The number of methoxy groups -OCH3 is 2. The lowest BCUT2D eigenvalue weighted by atomic mass is 9.80. The number of fused-ring (bicyclic) bond motifs is 5. The fourth-order valence-electron chi connectivity index (χ4n) is 4.67. The highest BCUT2D eigenvalue weighted by Crippen LogP contribution is 2.48. The van der Waals surface area contributed by atoms with E-state index in [1.165, 1.54) is 0 Å². The highest BCUT2D eigenvalue weighted by molar-refractivity contribution is 5.75. The second-order valence-corrected chi connectivity index (χ2v) is 7.29. The van der Waals surface area contributed by atoms with E-state index in [0.717, 1.165) is 28.0 Å². The monoisotopic (exact) mass is 383 g/mol. The first kappa shape index (κ1) is 17.2. The minimum Gasteiger partial charge on any atom is -0.493 e. The summed E-state index contributed by atoms with van der Waals surface area (Å²) in [5, 5.41) is 9.92. The van der Waals surface area contributed by atoms with Crippen molar-refractivity contribution in [2.75, 3.05) is 21.0 Å². The fourth-order valence-corrected chi connectivity index (χ4v) is 4.67. The predicted molar refractivity (Wildman–Crippen MR) is 99.2 cm³/mol. The Bertz CT molecular complexity index is 972. The molecule has 3 aliphatic heterocycles. The van der Waals surface area contributed by atoms with Crippen LogP contribution in [0.4, 0.5) is 0 Å². The molecule has 0 fully saturated rings. The van der Waals surface area contributed by atoms with E-state index in [0.29, 0.717) is 36.6 Å². The van der Waals surface area contributed by atoms with Gasteiger partial charge < -0.3 is 24.1 Å². The summed E-state index contributed by atoms with van der Waals surface area (Å²) < 4.78 is 22.1. The van der Waals surface area contributed by atoms with Gasteiger partial charge in [0.25, 0.3) is 0 Å². The van der Waals surface area contributed by atoms with Crippen molar-refractivity contribution in [1.29, 1.82) is 0 Å². The summed E-state index contributed by atoms with van der Waals surface area (Å²) >= 11 is 0. The summed E-state index contributed by atoms with van der Waals surface area (Å²) in [7, 11) is 3.22. The Balaban J connectivity index is 1.64. The van der Waals surface area contributed by atoms with Crippen LogP contribution in [0.1, 0.15) is 28.3 Å². The molecule has 28 heavy (non-hydrogen) atoms. The number of carbonyl (C=O) groups is 1. The molecule has 5 rings (SSSR count). The van der Waals surface area contributed by atoms with Crippen LogP contribution < -0.4 is 18.9 Å². The van der Waals surface area contributed by atoms with Crippen molar-refractivity contribution in [1.82, 2.24) is 4.90 Å². The Morgan fingerprint density at radius 2 is 1.89 bits per heavy atom. The minimum atomic E-state index is -0.821. The molecule has 0 spiro atoms. The van der Waals surface area contributed by atoms with Crippen LogP contribution in [0.5, 0.6) is 23.0 Å². The molecule has 3 aliphatic rings. The first-order chi connectivity index (χ1) is 13.6. The van der Waals surface area contributed by atoms with E-state index in [-0.39, 0.29) is 12.8 Å². The second-order valence-electron chi connectivity index (χ2n) is 7.29. The molecule has 7 nitrogen and oxygen atoms in total. The number of carboxylic acid groups (broad SMARTS) is 1. The maximum atomic E-state index is 12.1. The summed E-state index contributed by atoms with van der Waals surface area (Å²) in [5.41, 5.74) is 4.27. The SMILES string of the molecule is COc1ccc2c(c1OC)CN1C(C(=O)O)Cc3cc4c(cc3C1C2)OCO4. The van der Waals surface area contributed by atoms with Crippen molar-refractivity contribution in [3.8, 4) is 23.0 Å². The van der Waals surface area contributed by atoms with Gasteiger partial charge in [-0.3, -0.25) is 9.69 Å². The van der Waals surface area contributed by atoms with Crippen molar-refractivity contribution in [2.24, 2.45) is 0 Å². The predicted octanol–water partition coefficient (Wildman–Crippen LogP) is 2.54. The van der Waals surface area contributed by atoms with Crippen LogP contribution in [-0.2, 0) is 24.2 Å². The second kappa shape index (κ2) is 6.31. The molecule has 1 N–H and O–H groups in total. The van der Waals surface area contributed by atoms with Gasteiger partial charge in [0.1, 0.15) is 6.04 Å². The van der Waals surface area contributed by atoms with Gasteiger partial charge in [-0.25, -0.2) is 0 Å². The number of nitrogens with zero attached hydrogens (tertiary/aromatic N) is 1. The summed E-state index contributed by atoms with van der Waals surface area (Å²) in [6.45, 7) is 0.694. The number of ether oxygens (including phenoxy) is 4. The van der Waals surface area contributed by atoms with Crippen LogP contribution in [0.15, 0.2) is 24.3 Å². The van der Waals surface area contributed by atoms with Gasteiger partial charge in [0.15, 0.2) is 23.0 Å². The van der Waals surface area contributed by atoms with Crippen LogP contribution in [0.25, 0.3) is 0 Å². The smallest absolute Gasteiger partial charge is 0.321 e. The molecule has 146 valence electrons. The zero-order chi connectivity index (χ0) is 19.4. The van der Waals surface area contributed by atoms with E-state index in [9.17, 15) is 9.90 Å². The van der Waals surface area contributed by atoms with Crippen molar-refractivity contribution >= 4 is 5.97 Å². The quantitative estimate of drug-likeness (QED) is 0.873. The Labute approximate surface area is 162 Å². The summed E-state index contributed by atoms with van der Waals surface area (Å²) in [6.07, 6.45) is 1.13. The van der Waals surface area contributed by atoms with Gasteiger partial charge in [-0.05, 0) is 47.7 Å².